The van der Waals surface area contributed by atoms with E-state index in [9.17, 15) is 5.11 Å². The Bertz CT molecular complexity index is 545. The van der Waals surface area contributed by atoms with Crippen LogP contribution in [-0.2, 0) is 6.42 Å². The van der Waals surface area contributed by atoms with E-state index in [2.05, 4.69) is 4.98 Å². The summed E-state index contributed by atoms with van der Waals surface area (Å²) in [6.07, 6.45) is -0.0784. The van der Waals surface area contributed by atoms with Crippen molar-refractivity contribution in [3.05, 3.63) is 49.9 Å². The number of halogens is 1. The summed E-state index contributed by atoms with van der Waals surface area (Å²) in [6.45, 7) is 6.01. The number of hydrogen-bond acceptors (Lipinski definition) is 3. The van der Waals surface area contributed by atoms with Gasteiger partial charge in [-0.05, 0) is 38.0 Å². The number of thiazole rings is 1. The first kappa shape index (κ1) is 13.5. The first-order valence-corrected chi connectivity index (χ1v) is 7.04. The van der Waals surface area contributed by atoms with E-state index in [1.807, 2.05) is 39.0 Å². The van der Waals surface area contributed by atoms with Gasteiger partial charge in [-0.1, -0.05) is 23.7 Å². The highest BCUT2D eigenvalue weighted by atomic mass is 35.5. The van der Waals surface area contributed by atoms with Crippen molar-refractivity contribution < 1.29 is 5.11 Å². The zero-order chi connectivity index (χ0) is 13.3. The monoisotopic (exact) mass is 281 g/mol. The fraction of sp³-hybridized carbons (Fsp3) is 0.357. The highest BCUT2D eigenvalue weighted by Crippen LogP contribution is 2.28. The molecule has 0 fully saturated rings. The largest absolute Gasteiger partial charge is 0.388 e. The minimum Gasteiger partial charge on any atom is -0.388 e. The van der Waals surface area contributed by atoms with Crippen molar-refractivity contribution in [2.24, 2.45) is 0 Å². The topological polar surface area (TPSA) is 33.1 Å². The molecule has 18 heavy (non-hydrogen) atoms. The third kappa shape index (κ3) is 2.91. The lowest BCUT2D eigenvalue weighted by molar-refractivity contribution is 0.178. The van der Waals surface area contributed by atoms with Gasteiger partial charge in [0.25, 0.3) is 0 Å². The number of benzene rings is 1. The molecule has 0 saturated carbocycles. The summed E-state index contributed by atoms with van der Waals surface area (Å²) >= 11 is 7.78. The highest BCUT2D eigenvalue weighted by molar-refractivity contribution is 7.11. The molecular weight excluding hydrogens is 266 g/mol. The summed E-state index contributed by atoms with van der Waals surface area (Å²) in [5, 5.41) is 11.8. The van der Waals surface area contributed by atoms with E-state index in [1.165, 1.54) is 4.88 Å². The van der Waals surface area contributed by atoms with E-state index in [0.29, 0.717) is 11.4 Å². The maximum absolute atomic E-state index is 10.2. The summed E-state index contributed by atoms with van der Waals surface area (Å²) in [5.41, 5.74) is 2.90. The van der Waals surface area contributed by atoms with Crippen LogP contribution in [0.2, 0.25) is 5.02 Å². The predicted octanol–water partition coefficient (Wildman–Crippen LogP) is 4.00. The zero-order valence-corrected chi connectivity index (χ0v) is 12.3. The maximum atomic E-state index is 10.2. The predicted molar refractivity (Wildman–Crippen MR) is 76.4 cm³/mol. The SMILES string of the molecule is Cc1ccc(C(O)Cc2nc(C)c(C)s2)c(Cl)c1. The Labute approximate surface area is 116 Å². The Kier molecular flexibility index (Phi) is 4.05. The molecule has 0 aliphatic heterocycles. The Morgan fingerprint density at radius 3 is 2.61 bits per heavy atom. The van der Waals surface area contributed by atoms with Crippen LogP contribution in [0.5, 0.6) is 0 Å². The van der Waals surface area contributed by atoms with E-state index in [4.69, 9.17) is 11.6 Å². The van der Waals surface area contributed by atoms with Gasteiger partial charge in [0.15, 0.2) is 0 Å². The summed E-state index contributed by atoms with van der Waals surface area (Å²) < 4.78 is 0. The fourth-order valence-electron chi connectivity index (χ4n) is 1.80. The highest BCUT2D eigenvalue weighted by Gasteiger charge is 2.15. The van der Waals surface area contributed by atoms with Crippen LogP contribution in [0, 0.1) is 20.8 Å². The molecule has 0 bridgehead atoms. The molecular formula is C14H16ClNOS. The van der Waals surface area contributed by atoms with E-state index in [1.54, 1.807) is 11.3 Å². The van der Waals surface area contributed by atoms with Crippen molar-refractivity contribution in [1.82, 2.24) is 4.98 Å². The van der Waals surface area contributed by atoms with Crippen LogP contribution >= 0.6 is 22.9 Å². The Morgan fingerprint density at radius 2 is 2.06 bits per heavy atom. The molecule has 0 spiro atoms. The summed E-state index contributed by atoms with van der Waals surface area (Å²) in [5.74, 6) is 0. The molecule has 0 radical (unpaired) electrons. The number of aryl methyl sites for hydroxylation is 3. The number of hydrogen-bond donors (Lipinski definition) is 1. The molecule has 2 rings (SSSR count). The second-order valence-corrected chi connectivity index (χ2v) is 6.19. The van der Waals surface area contributed by atoms with E-state index >= 15 is 0 Å². The van der Waals surface area contributed by atoms with Crippen LogP contribution in [0.3, 0.4) is 0 Å². The Balaban J connectivity index is 2.19. The molecule has 96 valence electrons. The van der Waals surface area contributed by atoms with Gasteiger partial charge < -0.3 is 5.11 Å². The molecule has 1 heterocycles. The molecule has 4 heteroatoms. The summed E-state index contributed by atoms with van der Waals surface area (Å²) in [4.78, 5) is 5.64. The van der Waals surface area contributed by atoms with Crippen molar-refractivity contribution in [1.29, 1.82) is 0 Å². The molecule has 1 aromatic carbocycles. The molecule has 0 aliphatic carbocycles. The first-order chi connectivity index (χ1) is 8.47. The minimum absolute atomic E-state index is 0.516. The van der Waals surface area contributed by atoms with Crippen LogP contribution in [0.4, 0.5) is 0 Å². The van der Waals surface area contributed by atoms with E-state index < -0.39 is 6.10 Å². The van der Waals surface area contributed by atoms with Crippen molar-refractivity contribution in [2.75, 3.05) is 0 Å². The second kappa shape index (κ2) is 5.39. The quantitative estimate of drug-likeness (QED) is 0.922. The molecule has 0 saturated heterocycles. The normalized spacial score (nSPS) is 12.7. The average Bonchev–Trinajstić information content (AvgIpc) is 2.57. The molecule has 2 aromatic rings. The van der Waals surface area contributed by atoms with Gasteiger partial charge in [0, 0.05) is 16.3 Å². The van der Waals surface area contributed by atoms with Gasteiger partial charge in [-0.25, -0.2) is 4.98 Å². The van der Waals surface area contributed by atoms with Crippen LogP contribution < -0.4 is 0 Å². The molecule has 0 aliphatic rings. The molecule has 1 aromatic heterocycles. The Morgan fingerprint density at radius 1 is 1.33 bits per heavy atom. The molecule has 1 N–H and O–H groups in total. The van der Waals surface area contributed by atoms with Gasteiger partial charge in [-0.3, -0.25) is 0 Å². The van der Waals surface area contributed by atoms with Crippen LogP contribution in [-0.4, -0.2) is 10.1 Å². The van der Waals surface area contributed by atoms with Gasteiger partial charge in [0.05, 0.1) is 16.8 Å². The van der Waals surface area contributed by atoms with Gasteiger partial charge in [0.2, 0.25) is 0 Å². The standard InChI is InChI=1S/C14H16ClNOS/c1-8-4-5-11(12(15)6-8)13(17)7-14-16-9(2)10(3)18-14/h4-6,13,17H,7H2,1-3H3. The van der Waals surface area contributed by atoms with E-state index in [0.717, 1.165) is 21.8 Å². The molecule has 1 atom stereocenters. The van der Waals surface area contributed by atoms with Crippen LogP contribution in [0.25, 0.3) is 0 Å². The molecule has 1 unspecified atom stereocenters. The van der Waals surface area contributed by atoms with Gasteiger partial charge >= 0.3 is 0 Å². The smallest absolute Gasteiger partial charge is 0.0960 e. The van der Waals surface area contributed by atoms with Crippen molar-refractivity contribution in [3.63, 3.8) is 0 Å². The van der Waals surface area contributed by atoms with Gasteiger partial charge in [0.1, 0.15) is 0 Å². The first-order valence-electron chi connectivity index (χ1n) is 5.84. The van der Waals surface area contributed by atoms with Gasteiger partial charge in [-0.2, -0.15) is 0 Å². The third-order valence-corrected chi connectivity index (χ3v) is 4.38. The number of rotatable bonds is 3. The van der Waals surface area contributed by atoms with E-state index in [-0.39, 0.29) is 0 Å². The lowest BCUT2D eigenvalue weighted by Gasteiger charge is -2.11. The molecule has 2 nitrogen and oxygen atoms in total. The van der Waals surface area contributed by atoms with Crippen LogP contribution in [0.15, 0.2) is 18.2 Å². The lowest BCUT2D eigenvalue weighted by atomic mass is 10.1. The Hall–Kier alpha value is -0.900. The zero-order valence-electron chi connectivity index (χ0n) is 10.7. The number of aromatic nitrogens is 1. The van der Waals surface area contributed by atoms with Crippen molar-refractivity contribution in [3.8, 4) is 0 Å². The number of nitrogens with zero attached hydrogens (tertiary/aromatic N) is 1. The number of aliphatic hydroxyl groups excluding tert-OH is 1. The van der Waals surface area contributed by atoms with Crippen molar-refractivity contribution >= 4 is 22.9 Å². The minimum atomic E-state index is -0.594. The van der Waals surface area contributed by atoms with Crippen molar-refractivity contribution in [2.45, 2.75) is 33.3 Å². The second-order valence-electron chi connectivity index (χ2n) is 4.49. The third-order valence-electron chi connectivity index (χ3n) is 2.96. The summed E-state index contributed by atoms with van der Waals surface area (Å²) in [7, 11) is 0. The lowest BCUT2D eigenvalue weighted by Crippen LogP contribution is -2.02. The fourth-order valence-corrected chi connectivity index (χ4v) is 3.14. The maximum Gasteiger partial charge on any atom is 0.0960 e. The van der Waals surface area contributed by atoms with Crippen LogP contribution in [0.1, 0.15) is 32.8 Å². The average molecular weight is 282 g/mol. The summed E-state index contributed by atoms with van der Waals surface area (Å²) in [6, 6.07) is 5.72. The molecule has 0 amide bonds. The number of aliphatic hydroxyl groups is 1. The van der Waals surface area contributed by atoms with Gasteiger partial charge in [-0.15, -0.1) is 11.3 Å².